The van der Waals surface area contributed by atoms with Gasteiger partial charge in [-0.3, -0.25) is 4.68 Å². The number of aromatic nitrogens is 3. The molecule has 0 fully saturated rings. The van der Waals surface area contributed by atoms with Crippen molar-refractivity contribution < 1.29 is 4.74 Å². The highest BCUT2D eigenvalue weighted by Crippen LogP contribution is 2.27. The van der Waals surface area contributed by atoms with Gasteiger partial charge >= 0.3 is 0 Å². The van der Waals surface area contributed by atoms with E-state index in [1.807, 2.05) is 7.05 Å². The summed E-state index contributed by atoms with van der Waals surface area (Å²) < 4.78 is 7.33. The molecular weight excluding hydrogens is 204 g/mol. The van der Waals surface area contributed by atoms with Crippen LogP contribution in [-0.4, -0.2) is 34.2 Å². The number of methoxy groups -OCH3 is 1. The van der Waals surface area contributed by atoms with Gasteiger partial charge in [0.25, 0.3) is 0 Å². The molecule has 1 aromatic heterocycles. The van der Waals surface area contributed by atoms with Gasteiger partial charge in [-0.15, -0.1) is 5.10 Å². The lowest BCUT2D eigenvalue weighted by molar-refractivity contribution is -0.0132. The third kappa shape index (κ3) is 2.80. The molecule has 0 bridgehead atoms. The Morgan fingerprint density at radius 2 is 2.25 bits per heavy atom. The van der Waals surface area contributed by atoms with Crippen LogP contribution in [0.25, 0.3) is 0 Å². The molecule has 0 aliphatic rings. The summed E-state index contributed by atoms with van der Waals surface area (Å²) >= 11 is 0. The summed E-state index contributed by atoms with van der Waals surface area (Å²) in [6.07, 6.45) is 2.87. The Kier molecular flexibility index (Phi) is 4.44. The maximum atomic E-state index is 5.54. The van der Waals surface area contributed by atoms with E-state index in [0.717, 1.165) is 18.7 Å². The Balaban J connectivity index is 2.92. The molecule has 1 heterocycles. The lowest BCUT2D eigenvalue weighted by Crippen LogP contribution is -2.42. The summed E-state index contributed by atoms with van der Waals surface area (Å²) in [5.41, 5.74) is 0.755. The summed E-state index contributed by atoms with van der Waals surface area (Å²) in [5.74, 6) is 0. The molecule has 5 heteroatoms. The van der Waals surface area contributed by atoms with Gasteiger partial charge in [-0.1, -0.05) is 12.1 Å². The Bertz CT molecular complexity index is 322. The second-order valence-corrected chi connectivity index (χ2v) is 4.48. The molecule has 0 saturated carbocycles. The fraction of sp³-hybridized carbons (Fsp3) is 0.818. The van der Waals surface area contributed by atoms with Crippen LogP contribution in [0, 0.1) is 0 Å². The molecule has 1 unspecified atom stereocenters. The molecule has 1 N–H and O–H groups in total. The first-order valence-corrected chi connectivity index (χ1v) is 5.66. The zero-order valence-electron chi connectivity index (χ0n) is 10.8. The quantitative estimate of drug-likeness (QED) is 0.794. The Hall–Kier alpha value is -0.940. The fourth-order valence-electron chi connectivity index (χ4n) is 1.67. The van der Waals surface area contributed by atoms with E-state index in [4.69, 9.17) is 4.74 Å². The van der Waals surface area contributed by atoms with Crippen LogP contribution in [0.1, 0.15) is 38.9 Å². The van der Waals surface area contributed by atoms with Crippen LogP contribution in [0.2, 0.25) is 0 Å². The first kappa shape index (κ1) is 13.1. The molecule has 0 amide bonds. The molecule has 0 aliphatic carbocycles. The van der Waals surface area contributed by atoms with E-state index in [-0.39, 0.29) is 11.6 Å². The summed E-state index contributed by atoms with van der Waals surface area (Å²) in [7, 11) is 3.62. The lowest BCUT2D eigenvalue weighted by Gasteiger charge is -2.33. The molecule has 5 nitrogen and oxygen atoms in total. The van der Waals surface area contributed by atoms with Crippen molar-refractivity contribution in [3.63, 3.8) is 0 Å². The number of nitrogens with zero attached hydrogens (tertiary/aromatic N) is 3. The Labute approximate surface area is 97.2 Å². The van der Waals surface area contributed by atoms with Gasteiger partial charge in [0.1, 0.15) is 0 Å². The van der Waals surface area contributed by atoms with Crippen LogP contribution in [0.4, 0.5) is 0 Å². The van der Waals surface area contributed by atoms with E-state index in [1.54, 1.807) is 18.0 Å². The van der Waals surface area contributed by atoms with Crippen LogP contribution in [0.3, 0.4) is 0 Å². The molecule has 0 aliphatic heterocycles. The van der Waals surface area contributed by atoms with E-state index in [1.165, 1.54) is 0 Å². The predicted molar refractivity (Wildman–Crippen MR) is 63.1 cm³/mol. The monoisotopic (exact) mass is 226 g/mol. The smallest absolute Gasteiger partial charge is 0.0832 e. The Morgan fingerprint density at radius 3 is 2.69 bits per heavy atom. The van der Waals surface area contributed by atoms with E-state index in [9.17, 15) is 0 Å². The molecular formula is C11H22N4O. The van der Waals surface area contributed by atoms with Crippen molar-refractivity contribution >= 4 is 0 Å². The molecule has 0 saturated heterocycles. The van der Waals surface area contributed by atoms with Crippen LogP contribution >= 0.6 is 0 Å². The highest BCUT2D eigenvalue weighted by molar-refractivity contribution is 5.08. The van der Waals surface area contributed by atoms with Gasteiger partial charge in [-0.2, -0.15) is 0 Å². The molecule has 0 spiro atoms. The maximum Gasteiger partial charge on any atom is 0.0832 e. The molecule has 0 aromatic carbocycles. The van der Waals surface area contributed by atoms with E-state index >= 15 is 0 Å². The number of rotatable bonds is 6. The van der Waals surface area contributed by atoms with Gasteiger partial charge < -0.3 is 10.1 Å². The minimum absolute atomic E-state index is 0.0949. The largest absolute Gasteiger partial charge is 0.377 e. The zero-order chi connectivity index (χ0) is 12.2. The van der Waals surface area contributed by atoms with Crippen molar-refractivity contribution in [3.8, 4) is 0 Å². The van der Waals surface area contributed by atoms with Crippen molar-refractivity contribution in [1.82, 2.24) is 20.3 Å². The van der Waals surface area contributed by atoms with E-state index < -0.39 is 0 Å². The van der Waals surface area contributed by atoms with Crippen molar-refractivity contribution in [2.45, 2.75) is 38.8 Å². The summed E-state index contributed by atoms with van der Waals surface area (Å²) in [4.78, 5) is 0. The lowest BCUT2D eigenvalue weighted by atomic mass is 9.95. The molecule has 1 rings (SSSR count). The molecule has 16 heavy (non-hydrogen) atoms. The standard InChI is InChI=1S/C11H22N4O/c1-6-7-12-10(11(2,3)16-5)9-8-13-14-15(9)4/h8,10,12H,6-7H2,1-5H3. The first-order chi connectivity index (χ1) is 7.53. The Morgan fingerprint density at radius 1 is 1.56 bits per heavy atom. The highest BCUT2D eigenvalue weighted by Gasteiger charge is 2.32. The second kappa shape index (κ2) is 5.41. The van der Waals surface area contributed by atoms with Gasteiger partial charge in [0.2, 0.25) is 0 Å². The first-order valence-electron chi connectivity index (χ1n) is 5.66. The van der Waals surface area contributed by atoms with Gasteiger partial charge in [-0.25, -0.2) is 0 Å². The molecule has 1 aromatic rings. The fourth-order valence-corrected chi connectivity index (χ4v) is 1.67. The normalized spacial score (nSPS) is 14.1. The minimum Gasteiger partial charge on any atom is -0.377 e. The maximum absolute atomic E-state index is 5.54. The van der Waals surface area contributed by atoms with E-state index in [2.05, 4.69) is 36.4 Å². The third-order valence-electron chi connectivity index (χ3n) is 2.87. The van der Waals surface area contributed by atoms with Gasteiger partial charge in [0.05, 0.1) is 23.5 Å². The molecule has 0 radical (unpaired) electrons. The van der Waals surface area contributed by atoms with Crippen molar-refractivity contribution in [3.05, 3.63) is 11.9 Å². The van der Waals surface area contributed by atoms with Crippen LogP contribution < -0.4 is 5.32 Å². The van der Waals surface area contributed by atoms with E-state index in [0.29, 0.717) is 0 Å². The summed E-state index contributed by atoms with van der Waals surface area (Å²) in [5, 5.41) is 11.4. The number of nitrogens with one attached hydrogen (secondary N) is 1. The van der Waals surface area contributed by atoms with Crippen LogP contribution in [0.15, 0.2) is 6.20 Å². The average molecular weight is 226 g/mol. The van der Waals surface area contributed by atoms with Gasteiger partial charge in [0.15, 0.2) is 0 Å². The number of aryl methyl sites for hydroxylation is 1. The van der Waals surface area contributed by atoms with Gasteiger partial charge in [-0.05, 0) is 26.8 Å². The van der Waals surface area contributed by atoms with Crippen molar-refractivity contribution in [2.24, 2.45) is 7.05 Å². The van der Waals surface area contributed by atoms with Crippen molar-refractivity contribution in [1.29, 1.82) is 0 Å². The van der Waals surface area contributed by atoms with Crippen LogP contribution in [0.5, 0.6) is 0 Å². The molecule has 1 atom stereocenters. The summed E-state index contributed by atoms with van der Waals surface area (Å²) in [6, 6.07) is 0.0949. The van der Waals surface area contributed by atoms with Gasteiger partial charge in [0, 0.05) is 14.2 Å². The second-order valence-electron chi connectivity index (χ2n) is 4.48. The number of hydrogen-bond donors (Lipinski definition) is 1. The average Bonchev–Trinajstić information content (AvgIpc) is 2.65. The topological polar surface area (TPSA) is 52.0 Å². The predicted octanol–water partition coefficient (Wildman–Crippen LogP) is 1.28. The van der Waals surface area contributed by atoms with Crippen molar-refractivity contribution in [2.75, 3.05) is 13.7 Å². The SMILES string of the molecule is CCCNC(c1cnnn1C)C(C)(C)OC. The van der Waals surface area contributed by atoms with Crippen LogP contribution in [-0.2, 0) is 11.8 Å². The number of ether oxygens (including phenoxy) is 1. The minimum atomic E-state index is -0.287. The zero-order valence-corrected chi connectivity index (χ0v) is 10.8. The third-order valence-corrected chi connectivity index (χ3v) is 2.87. The highest BCUT2D eigenvalue weighted by atomic mass is 16.5. The summed E-state index contributed by atoms with van der Waals surface area (Å²) in [6.45, 7) is 7.22. The number of hydrogen-bond acceptors (Lipinski definition) is 4. The molecule has 92 valence electrons.